The van der Waals surface area contributed by atoms with E-state index in [1.807, 2.05) is 36.0 Å². The van der Waals surface area contributed by atoms with Crippen LogP contribution in [0.4, 0.5) is 0 Å². The summed E-state index contributed by atoms with van der Waals surface area (Å²) in [6, 6.07) is 12.4. The van der Waals surface area contributed by atoms with Gasteiger partial charge in [-0.05, 0) is 36.1 Å². The number of nitrogens with zero attached hydrogens (tertiary/aromatic N) is 2. The molecule has 2 heterocycles. The Balaban J connectivity index is 1.68. The highest BCUT2D eigenvalue weighted by Gasteiger charge is 2.22. The van der Waals surface area contributed by atoms with Gasteiger partial charge in [0.05, 0.1) is 39.2 Å². The van der Waals surface area contributed by atoms with Crippen LogP contribution in [0.5, 0.6) is 5.75 Å². The molecule has 3 rings (SSSR count). The summed E-state index contributed by atoms with van der Waals surface area (Å²) in [6.07, 6.45) is 4.64. The van der Waals surface area contributed by atoms with Crippen LogP contribution >= 0.6 is 11.8 Å². The maximum atomic E-state index is 5.57. The van der Waals surface area contributed by atoms with Crippen molar-refractivity contribution < 1.29 is 13.9 Å². The topological polar surface area (TPSA) is 71.3 Å². The molecule has 8 heteroatoms. The van der Waals surface area contributed by atoms with Gasteiger partial charge < -0.3 is 24.5 Å². The third-order valence-electron chi connectivity index (χ3n) is 5.25. The lowest BCUT2D eigenvalue weighted by molar-refractivity contribution is 0.0179. The molecule has 170 valence electrons. The monoisotopic (exact) mass is 446 g/mol. The van der Waals surface area contributed by atoms with E-state index in [9.17, 15) is 0 Å². The number of nitrogens with one attached hydrogen (secondary N) is 2. The van der Waals surface area contributed by atoms with Gasteiger partial charge in [0.2, 0.25) is 0 Å². The van der Waals surface area contributed by atoms with E-state index < -0.39 is 0 Å². The van der Waals surface area contributed by atoms with Crippen molar-refractivity contribution in [2.45, 2.75) is 12.5 Å². The number of benzene rings is 1. The SMILES string of the molecule is COc1ccc(C(CN=C(NCCSC)NCCc2ccco2)N2CCOCC2)cc1. The number of ether oxygens (including phenoxy) is 2. The summed E-state index contributed by atoms with van der Waals surface area (Å²) >= 11 is 1.82. The molecule has 31 heavy (non-hydrogen) atoms. The Bertz CT molecular complexity index is 762. The average molecular weight is 447 g/mol. The molecule has 1 atom stereocenters. The fraction of sp³-hybridized carbons (Fsp3) is 0.522. The molecule has 2 aromatic rings. The summed E-state index contributed by atoms with van der Waals surface area (Å²) in [4.78, 5) is 7.41. The highest BCUT2D eigenvalue weighted by molar-refractivity contribution is 7.98. The van der Waals surface area contributed by atoms with Gasteiger partial charge in [-0.2, -0.15) is 11.8 Å². The number of methoxy groups -OCH3 is 1. The maximum absolute atomic E-state index is 5.57. The Morgan fingerprint density at radius 2 is 1.94 bits per heavy atom. The van der Waals surface area contributed by atoms with Crippen molar-refractivity contribution in [1.82, 2.24) is 15.5 Å². The van der Waals surface area contributed by atoms with Gasteiger partial charge in [0.1, 0.15) is 11.5 Å². The lowest BCUT2D eigenvalue weighted by Gasteiger charge is -2.34. The van der Waals surface area contributed by atoms with E-state index in [1.54, 1.807) is 13.4 Å². The van der Waals surface area contributed by atoms with E-state index in [0.29, 0.717) is 6.54 Å². The number of thioether (sulfide) groups is 1. The quantitative estimate of drug-likeness (QED) is 0.312. The van der Waals surface area contributed by atoms with E-state index in [-0.39, 0.29) is 6.04 Å². The van der Waals surface area contributed by atoms with Gasteiger partial charge >= 0.3 is 0 Å². The molecule has 1 unspecified atom stereocenters. The first-order valence-corrected chi connectivity index (χ1v) is 12.2. The fourth-order valence-corrected chi connectivity index (χ4v) is 3.84. The van der Waals surface area contributed by atoms with E-state index in [2.05, 4.69) is 33.9 Å². The Morgan fingerprint density at radius 1 is 1.16 bits per heavy atom. The van der Waals surface area contributed by atoms with Crippen LogP contribution in [0.1, 0.15) is 17.4 Å². The number of guanidine groups is 1. The van der Waals surface area contributed by atoms with Crippen molar-refractivity contribution in [3.8, 4) is 5.75 Å². The van der Waals surface area contributed by atoms with Crippen molar-refractivity contribution in [3.05, 3.63) is 54.0 Å². The zero-order valence-corrected chi connectivity index (χ0v) is 19.3. The molecule has 0 bridgehead atoms. The first kappa shape index (κ1) is 23.5. The van der Waals surface area contributed by atoms with Crippen molar-refractivity contribution in [3.63, 3.8) is 0 Å². The molecule has 2 N–H and O–H groups in total. The van der Waals surface area contributed by atoms with Gasteiger partial charge in [0.15, 0.2) is 5.96 Å². The molecule has 0 saturated carbocycles. The maximum Gasteiger partial charge on any atom is 0.191 e. The van der Waals surface area contributed by atoms with Crippen molar-refractivity contribution in [2.24, 2.45) is 4.99 Å². The lowest BCUT2D eigenvalue weighted by Crippen LogP contribution is -2.42. The second-order valence-corrected chi connectivity index (χ2v) is 8.29. The molecule has 0 radical (unpaired) electrons. The molecule has 7 nitrogen and oxygen atoms in total. The molecular formula is C23H34N4O3S. The average Bonchev–Trinajstić information content (AvgIpc) is 3.33. The molecule has 0 spiro atoms. The number of furan rings is 1. The van der Waals surface area contributed by atoms with Crippen LogP contribution in [-0.2, 0) is 11.2 Å². The van der Waals surface area contributed by atoms with Crippen molar-refractivity contribution in [2.75, 3.05) is 65.1 Å². The molecule has 1 saturated heterocycles. The highest BCUT2D eigenvalue weighted by Crippen LogP contribution is 2.24. The second kappa shape index (κ2) is 13.3. The Hall–Kier alpha value is -2.16. The minimum atomic E-state index is 0.194. The van der Waals surface area contributed by atoms with Crippen LogP contribution in [0.25, 0.3) is 0 Å². The van der Waals surface area contributed by atoms with E-state index >= 15 is 0 Å². The van der Waals surface area contributed by atoms with Crippen LogP contribution in [0.2, 0.25) is 0 Å². The van der Waals surface area contributed by atoms with Crippen LogP contribution in [0.15, 0.2) is 52.1 Å². The minimum absolute atomic E-state index is 0.194. The first-order chi connectivity index (χ1) is 15.3. The summed E-state index contributed by atoms with van der Waals surface area (Å²) < 4.78 is 16.3. The largest absolute Gasteiger partial charge is 0.497 e. The van der Waals surface area contributed by atoms with Crippen LogP contribution in [0, 0.1) is 0 Å². The molecule has 1 aromatic carbocycles. The fourth-order valence-electron chi connectivity index (χ4n) is 3.53. The standard InChI is InChI=1S/C23H34N4O3S/c1-28-20-7-5-19(6-8-20)22(27-12-15-29-16-13-27)18-26-23(25-11-17-31-2)24-10-9-21-4-3-14-30-21/h3-8,14,22H,9-13,15-18H2,1-2H3,(H2,24,25,26). The summed E-state index contributed by atoms with van der Waals surface area (Å²) in [5, 5.41) is 6.90. The Labute approximate surface area is 189 Å². The minimum Gasteiger partial charge on any atom is -0.497 e. The van der Waals surface area contributed by atoms with E-state index in [1.165, 1.54) is 5.56 Å². The first-order valence-electron chi connectivity index (χ1n) is 10.8. The Kier molecular flexibility index (Phi) is 10.1. The third kappa shape index (κ3) is 7.79. The van der Waals surface area contributed by atoms with Gasteiger partial charge in [0.25, 0.3) is 0 Å². The molecule has 1 aliphatic heterocycles. The molecule has 1 fully saturated rings. The summed E-state index contributed by atoms with van der Waals surface area (Å²) in [7, 11) is 1.69. The zero-order chi connectivity index (χ0) is 21.7. The van der Waals surface area contributed by atoms with Gasteiger partial charge in [-0.25, -0.2) is 0 Å². The highest BCUT2D eigenvalue weighted by atomic mass is 32.2. The number of aliphatic imine (C=N–C) groups is 1. The summed E-state index contributed by atoms with van der Waals surface area (Å²) in [5.74, 6) is 3.71. The van der Waals surface area contributed by atoms with Crippen molar-refractivity contribution >= 4 is 17.7 Å². The third-order valence-corrected chi connectivity index (χ3v) is 5.86. The summed E-state index contributed by atoms with van der Waals surface area (Å²) in [6.45, 7) is 5.65. The lowest BCUT2D eigenvalue weighted by atomic mass is 10.0. The molecule has 1 aromatic heterocycles. The Morgan fingerprint density at radius 3 is 2.61 bits per heavy atom. The smallest absolute Gasteiger partial charge is 0.191 e. The molecule has 0 aliphatic carbocycles. The number of hydrogen-bond acceptors (Lipinski definition) is 6. The summed E-state index contributed by atoms with van der Waals surface area (Å²) in [5.41, 5.74) is 1.24. The predicted octanol–water partition coefficient (Wildman–Crippen LogP) is 2.80. The van der Waals surface area contributed by atoms with Crippen LogP contribution in [0.3, 0.4) is 0 Å². The predicted molar refractivity (Wildman–Crippen MR) is 127 cm³/mol. The van der Waals surface area contributed by atoms with Gasteiger partial charge in [-0.1, -0.05) is 12.1 Å². The molecular weight excluding hydrogens is 412 g/mol. The van der Waals surface area contributed by atoms with Gasteiger partial charge in [-0.3, -0.25) is 9.89 Å². The van der Waals surface area contributed by atoms with E-state index in [0.717, 1.165) is 69.0 Å². The number of rotatable bonds is 11. The molecule has 0 amide bonds. The number of hydrogen-bond donors (Lipinski definition) is 2. The van der Waals surface area contributed by atoms with E-state index in [4.69, 9.17) is 18.9 Å². The van der Waals surface area contributed by atoms with Crippen LogP contribution in [-0.4, -0.2) is 75.9 Å². The number of morpholine rings is 1. The van der Waals surface area contributed by atoms with Gasteiger partial charge in [-0.15, -0.1) is 0 Å². The molecule has 1 aliphatic rings. The second-order valence-electron chi connectivity index (χ2n) is 7.30. The zero-order valence-electron chi connectivity index (χ0n) is 18.5. The van der Waals surface area contributed by atoms with Crippen molar-refractivity contribution in [1.29, 1.82) is 0 Å². The van der Waals surface area contributed by atoms with Gasteiger partial charge in [0, 0.05) is 38.4 Å². The normalized spacial score (nSPS) is 16.1. The van der Waals surface area contributed by atoms with Crippen LogP contribution < -0.4 is 15.4 Å².